The summed E-state index contributed by atoms with van der Waals surface area (Å²) in [6.45, 7) is 0.413. The van der Waals surface area contributed by atoms with E-state index in [0.717, 1.165) is 0 Å². The SMILES string of the molecule is Br.Nc1nc(Cl)c2ncn(CCO)c2n1. The van der Waals surface area contributed by atoms with Crippen molar-refractivity contribution in [3.8, 4) is 0 Å². The van der Waals surface area contributed by atoms with Crippen molar-refractivity contribution in [1.82, 2.24) is 19.5 Å². The van der Waals surface area contributed by atoms with Crippen LogP contribution in [0.15, 0.2) is 6.33 Å². The van der Waals surface area contributed by atoms with E-state index in [1.165, 1.54) is 0 Å². The molecule has 0 amide bonds. The van der Waals surface area contributed by atoms with Gasteiger partial charge in [-0.2, -0.15) is 9.97 Å². The number of aromatic nitrogens is 4. The van der Waals surface area contributed by atoms with Gasteiger partial charge in [0.05, 0.1) is 12.9 Å². The van der Waals surface area contributed by atoms with Crippen LogP contribution < -0.4 is 5.73 Å². The Morgan fingerprint density at radius 3 is 2.87 bits per heavy atom. The van der Waals surface area contributed by atoms with Crippen molar-refractivity contribution in [3.63, 3.8) is 0 Å². The van der Waals surface area contributed by atoms with Gasteiger partial charge < -0.3 is 15.4 Å². The molecule has 0 aromatic carbocycles. The Labute approximate surface area is 101 Å². The Balaban J connectivity index is 0.00000112. The molecule has 0 saturated heterocycles. The van der Waals surface area contributed by atoms with E-state index < -0.39 is 0 Å². The highest BCUT2D eigenvalue weighted by Gasteiger charge is 2.09. The Morgan fingerprint density at radius 2 is 2.20 bits per heavy atom. The fraction of sp³-hybridized carbons (Fsp3) is 0.286. The van der Waals surface area contributed by atoms with Crippen LogP contribution >= 0.6 is 28.6 Å². The molecular formula is C7H9BrClN5O. The van der Waals surface area contributed by atoms with Gasteiger partial charge in [-0.3, -0.25) is 0 Å². The number of halogens is 2. The molecule has 2 aromatic rings. The molecule has 3 N–H and O–H groups in total. The second kappa shape index (κ2) is 4.73. The summed E-state index contributed by atoms with van der Waals surface area (Å²) < 4.78 is 1.67. The van der Waals surface area contributed by atoms with E-state index in [2.05, 4.69) is 15.0 Å². The molecule has 0 unspecified atom stereocenters. The fourth-order valence-electron chi connectivity index (χ4n) is 1.20. The monoisotopic (exact) mass is 293 g/mol. The standard InChI is InChI=1S/C7H8ClN5O.BrH/c8-5-4-6(12-7(9)11-5)13(1-2-14)3-10-4;/h3,14H,1-2H2,(H2,9,11,12);1H. The lowest BCUT2D eigenvalue weighted by molar-refractivity contribution is 0.277. The molecule has 0 aliphatic rings. The molecule has 0 spiro atoms. The molecule has 2 heterocycles. The van der Waals surface area contributed by atoms with Crippen LogP contribution in [0.2, 0.25) is 5.15 Å². The van der Waals surface area contributed by atoms with Gasteiger partial charge in [0.15, 0.2) is 10.8 Å². The van der Waals surface area contributed by atoms with Crippen LogP contribution in [0.5, 0.6) is 0 Å². The van der Waals surface area contributed by atoms with Gasteiger partial charge >= 0.3 is 0 Å². The molecule has 0 radical (unpaired) electrons. The number of hydrogen-bond donors (Lipinski definition) is 2. The van der Waals surface area contributed by atoms with Crippen molar-refractivity contribution in [2.24, 2.45) is 0 Å². The summed E-state index contributed by atoms with van der Waals surface area (Å²) in [6.07, 6.45) is 1.54. The lowest BCUT2D eigenvalue weighted by atomic mass is 10.5. The van der Waals surface area contributed by atoms with Crippen LogP contribution in [-0.4, -0.2) is 31.2 Å². The fourth-order valence-corrected chi connectivity index (χ4v) is 1.42. The second-order valence-electron chi connectivity index (χ2n) is 2.71. The van der Waals surface area contributed by atoms with Gasteiger partial charge in [0.25, 0.3) is 0 Å². The number of nitrogen functional groups attached to an aromatic ring is 1. The Morgan fingerprint density at radius 1 is 1.47 bits per heavy atom. The van der Waals surface area contributed by atoms with Gasteiger partial charge in [-0.25, -0.2) is 4.98 Å². The summed E-state index contributed by atoms with van der Waals surface area (Å²) in [4.78, 5) is 11.8. The number of aliphatic hydroxyl groups is 1. The number of nitrogens with zero attached hydrogens (tertiary/aromatic N) is 4. The molecule has 0 fully saturated rings. The topological polar surface area (TPSA) is 89.8 Å². The summed E-state index contributed by atoms with van der Waals surface area (Å²) in [5.74, 6) is 0.0992. The number of anilines is 1. The molecule has 2 aromatic heterocycles. The van der Waals surface area contributed by atoms with E-state index in [1.807, 2.05) is 0 Å². The zero-order valence-corrected chi connectivity index (χ0v) is 10.1. The molecule has 0 aliphatic heterocycles. The summed E-state index contributed by atoms with van der Waals surface area (Å²) >= 11 is 5.81. The molecule has 0 atom stereocenters. The molecule has 82 valence electrons. The molecule has 0 aliphatic carbocycles. The minimum atomic E-state index is 0. The third-order valence-electron chi connectivity index (χ3n) is 1.78. The van der Waals surface area contributed by atoms with E-state index >= 15 is 0 Å². The van der Waals surface area contributed by atoms with Crippen molar-refractivity contribution < 1.29 is 5.11 Å². The third kappa shape index (κ3) is 2.19. The first-order valence-electron chi connectivity index (χ1n) is 3.97. The molecule has 6 nitrogen and oxygen atoms in total. The highest BCUT2D eigenvalue weighted by molar-refractivity contribution is 8.93. The number of aliphatic hydroxyl groups excluding tert-OH is 1. The average molecular weight is 295 g/mol. The van der Waals surface area contributed by atoms with Crippen LogP contribution in [0.25, 0.3) is 11.2 Å². The zero-order valence-electron chi connectivity index (χ0n) is 7.59. The number of nitrogens with two attached hydrogens (primary N) is 1. The first-order chi connectivity index (χ1) is 6.72. The van der Waals surface area contributed by atoms with Gasteiger partial charge in [0.1, 0.15) is 5.52 Å². The molecular weight excluding hydrogens is 285 g/mol. The predicted octanol–water partition coefficient (Wildman–Crippen LogP) is 0.632. The van der Waals surface area contributed by atoms with E-state index in [0.29, 0.717) is 17.7 Å². The Hall–Kier alpha value is -0.920. The Kier molecular flexibility index (Phi) is 3.83. The predicted molar refractivity (Wildman–Crippen MR) is 62.2 cm³/mol. The van der Waals surface area contributed by atoms with Gasteiger partial charge in [-0.15, -0.1) is 17.0 Å². The largest absolute Gasteiger partial charge is 0.395 e. The Bertz CT molecular complexity index is 474. The van der Waals surface area contributed by atoms with Crippen molar-refractivity contribution in [2.45, 2.75) is 6.54 Å². The highest BCUT2D eigenvalue weighted by Crippen LogP contribution is 2.18. The van der Waals surface area contributed by atoms with Crippen LogP contribution in [-0.2, 0) is 6.54 Å². The number of hydrogen-bond acceptors (Lipinski definition) is 5. The van der Waals surface area contributed by atoms with Crippen molar-refractivity contribution >= 4 is 45.7 Å². The van der Waals surface area contributed by atoms with Crippen LogP contribution in [0, 0.1) is 0 Å². The maximum absolute atomic E-state index is 8.78. The third-order valence-corrected chi connectivity index (χ3v) is 2.04. The lowest BCUT2D eigenvalue weighted by Crippen LogP contribution is -2.03. The van der Waals surface area contributed by atoms with Crippen molar-refractivity contribution in [3.05, 3.63) is 11.5 Å². The number of imidazole rings is 1. The molecule has 15 heavy (non-hydrogen) atoms. The summed E-state index contributed by atoms with van der Waals surface area (Å²) in [7, 11) is 0. The maximum atomic E-state index is 8.78. The van der Waals surface area contributed by atoms with Crippen LogP contribution in [0.4, 0.5) is 5.95 Å². The minimum Gasteiger partial charge on any atom is -0.395 e. The smallest absolute Gasteiger partial charge is 0.223 e. The first kappa shape index (κ1) is 12.2. The number of rotatable bonds is 2. The van der Waals surface area contributed by atoms with E-state index in [1.54, 1.807) is 10.9 Å². The maximum Gasteiger partial charge on any atom is 0.223 e. The minimum absolute atomic E-state index is 0. The highest BCUT2D eigenvalue weighted by atomic mass is 79.9. The van der Waals surface area contributed by atoms with Gasteiger partial charge in [0.2, 0.25) is 5.95 Å². The van der Waals surface area contributed by atoms with Crippen molar-refractivity contribution in [1.29, 1.82) is 0 Å². The van der Waals surface area contributed by atoms with Crippen molar-refractivity contribution in [2.75, 3.05) is 12.3 Å². The van der Waals surface area contributed by atoms with E-state index in [-0.39, 0.29) is 34.7 Å². The van der Waals surface area contributed by atoms with Gasteiger partial charge in [-0.1, -0.05) is 11.6 Å². The number of fused-ring (bicyclic) bond motifs is 1. The van der Waals surface area contributed by atoms with Crippen LogP contribution in [0.3, 0.4) is 0 Å². The van der Waals surface area contributed by atoms with E-state index in [9.17, 15) is 0 Å². The second-order valence-corrected chi connectivity index (χ2v) is 3.06. The van der Waals surface area contributed by atoms with Gasteiger partial charge in [0, 0.05) is 6.54 Å². The van der Waals surface area contributed by atoms with Gasteiger partial charge in [-0.05, 0) is 0 Å². The lowest BCUT2D eigenvalue weighted by Gasteiger charge is -2.00. The summed E-state index contributed by atoms with van der Waals surface area (Å²) in [5, 5.41) is 9.01. The quantitative estimate of drug-likeness (QED) is 0.793. The summed E-state index contributed by atoms with van der Waals surface area (Å²) in [5.41, 5.74) is 6.47. The molecule has 8 heteroatoms. The zero-order chi connectivity index (χ0) is 10.1. The normalized spacial score (nSPS) is 10.3. The molecule has 0 saturated carbocycles. The van der Waals surface area contributed by atoms with E-state index in [4.69, 9.17) is 22.4 Å². The van der Waals surface area contributed by atoms with Crippen LogP contribution in [0.1, 0.15) is 0 Å². The molecule has 2 rings (SSSR count). The first-order valence-corrected chi connectivity index (χ1v) is 4.35. The summed E-state index contributed by atoms with van der Waals surface area (Å²) in [6, 6.07) is 0. The average Bonchev–Trinajstić information content (AvgIpc) is 2.49. The molecule has 0 bridgehead atoms.